The van der Waals surface area contributed by atoms with Crippen molar-refractivity contribution in [2.45, 2.75) is 25.3 Å². The molecule has 4 rings (SSSR count). The normalized spacial score (nSPS) is 15.7. The second-order valence-corrected chi connectivity index (χ2v) is 6.88. The molecule has 7 nitrogen and oxygen atoms in total. The Hall–Kier alpha value is -3.62. The van der Waals surface area contributed by atoms with E-state index in [0.717, 1.165) is 11.7 Å². The first-order chi connectivity index (χ1) is 14.5. The molecular weight excluding hydrogens is 392 g/mol. The zero-order chi connectivity index (χ0) is 21.1. The van der Waals surface area contributed by atoms with Crippen molar-refractivity contribution in [1.82, 2.24) is 19.4 Å². The van der Waals surface area contributed by atoms with E-state index in [4.69, 9.17) is 4.74 Å². The van der Waals surface area contributed by atoms with Crippen LogP contribution < -0.4 is 4.74 Å². The molecule has 1 aliphatic heterocycles. The number of imidazole rings is 1. The summed E-state index contributed by atoms with van der Waals surface area (Å²) in [6, 6.07) is 2.66. The van der Waals surface area contributed by atoms with Crippen LogP contribution in [0.5, 0.6) is 5.88 Å². The van der Waals surface area contributed by atoms with Gasteiger partial charge in [-0.15, -0.1) is 0 Å². The minimum atomic E-state index is -0.692. The van der Waals surface area contributed by atoms with Gasteiger partial charge in [0.15, 0.2) is 5.65 Å². The molecule has 0 saturated heterocycles. The number of carbonyl (C=O) groups is 1. The molecule has 3 heterocycles. The Labute approximate surface area is 171 Å². The quantitative estimate of drug-likeness (QED) is 0.439. The molecule has 0 radical (unpaired) electrons. The highest BCUT2D eigenvalue weighted by molar-refractivity contribution is 5.94. The van der Waals surface area contributed by atoms with Crippen molar-refractivity contribution in [2.75, 3.05) is 6.61 Å². The first-order valence-electron chi connectivity index (χ1n) is 9.42. The van der Waals surface area contributed by atoms with Gasteiger partial charge in [0.05, 0.1) is 25.0 Å². The van der Waals surface area contributed by atoms with E-state index >= 15 is 0 Å². The fraction of sp³-hybridized carbons (Fsp3) is 0.238. The summed E-state index contributed by atoms with van der Waals surface area (Å²) in [5.74, 6) is -1.31. The summed E-state index contributed by atoms with van der Waals surface area (Å²) in [5, 5.41) is 5.30. The molecule has 0 spiro atoms. The number of benzene rings is 1. The average Bonchev–Trinajstić information content (AvgIpc) is 3.38. The number of halogens is 2. The smallest absolute Gasteiger partial charge is 0.269 e. The highest BCUT2D eigenvalue weighted by Crippen LogP contribution is 2.30. The molecule has 0 N–H and O–H groups in total. The zero-order valence-corrected chi connectivity index (χ0v) is 16.0. The second kappa shape index (κ2) is 8.40. The van der Waals surface area contributed by atoms with E-state index in [1.807, 2.05) is 0 Å². The number of aromatic nitrogens is 3. The van der Waals surface area contributed by atoms with E-state index in [1.165, 1.54) is 17.1 Å². The molecule has 154 valence electrons. The van der Waals surface area contributed by atoms with Gasteiger partial charge < -0.3 is 9.14 Å². The third-order valence-corrected chi connectivity index (χ3v) is 4.74. The summed E-state index contributed by atoms with van der Waals surface area (Å²) in [6.45, 7) is 4.19. The fourth-order valence-electron chi connectivity index (χ4n) is 3.27. The fourth-order valence-corrected chi connectivity index (χ4v) is 3.27. The maximum absolute atomic E-state index is 13.6. The van der Waals surface area contributed by atoms with Crippen LogP contribution in [0.15, 0.2) is 60.2 Å². The van der Waals surface area contributed by atoms with Gasteiger partial charge in [-0.1, -0.05) is 6.58 Å². The van der Waals surface area contributed by atoms with Gasteiger partial charge in [-0.25, -0.2) is 23.8 Å². The van der Waals surface area contributed by atoms with Crippen molar-refractivity contribution in [1.29, 1.82) is 0 Å². The lowest BCUT2D eigenvalue weighted by atomic mass is 10.0. The number of amides is 1. The largest absolute Gasteiger partial charge is 0.477 e. The van der Waals surface area contributed by atoms with E-state index in [0.29, 0.717) is 42.9 Å². The first kappa shape index (κ1) is 19.7. The number of carbonyl (C=O) groups excluding carboxylic acids is 1. The average molecular weight is 411 g/mol. The van der Waals surface area contributed by atoms with E-state index in [9.17, 15) is 13.6 Å². The van der Waals surface area contributed by atoms with Crippen LogP contribution in [0.25, 0.3) is 5.65 Å². The summed E-state index contributed by atoms with van der Waals surface area (Å²) in [5.41, 5.74) is 1.42. The van der Waals surface area contributed by atoms with Crippen LogP contribution in [0.1, 0.15) is 30.9 Å². The number of nitrogens with zero attached hydrogens (tertiary/aromatic N) is 5. The highest BCUT2D eigenvalue weighted by atomic mass is 19.1. The van der Waals surface area contributed by atoms with Crippen molar-refractivity contribution in [3.63, 3.8) is 0 Å². The van der Waals surface area contributed by atoms with Crippen LogP contribution in [0.3, 0.4) is 0 Å². The summed E-state index contributed by atoms with van der Waals surface area (Å²) in [4.78, 5) is 21.0. The Morgan fingerprint density at radius 2 is 2.03 bits per heavy atom. The van der Waals surface area contributed by atoms with Gasteiger partial charge in [0, 0.05) is 36.7 Å². The highest BCUT2D eigenvalue weighted by Gasteiger charge is 2.30. The number of ether oxygens (including phenoxy) is 1. The van der Waals surface area contributed by atoms with Gasteiger partial charge >= 0.3 is 0 Å². The number of hydrogen-bond acceptors (Lipinski definition) is 5. The minimum absolute atomic E-state index is 0.345. The van der Waals surface area contributed by atoms with Gasteiger partial charge in [-0.3, -0.25) is 4.79 Å². The summed E-state index contributed by atoms with van der Waals surface area (Å²) in [6.07, 6.45) is 9.67. The molecule has 1 amide bonds. The molecule has 0 saturated carbocycles. The Morgan fingerprint density at radius 3 is 2.83 bits per heavy atom. The van der Waals surface area contributed by atoms with Crippen LogP contribution in [-0.2, 0) is 4.79 Å². The van der Waals surface area contributed by atoms with Crippen molar-refractivity contribution in [3.05, 3.63) is 72.3 Å². The predicted molar refractivity (Wildman–Crippen MR) is 106 cm³/mol. The number of hydrazone groups is 1. The zero-order valence-electron chi connectivity index (χ0n) is 16.0. The topological polar surface area (TPSA) is 72.1 Å². The molecular formula is C21H19F2N5O2. The maximum atomic E-state index is 13.6. The SMILES string of the molecule is C=C(CCCOc1cn2ccnc2cn1)C(=O)N1N=CCC1c1cc(F)cc(F)c1. The van der Waals surface area contributed by atoms with E-state index < -0.39 is 17.7 Å². The monoisotopic (exact) mass is 411 g/mol. The number of rotatable bonds is 7. The Balaban J connectivity index is 1.31. The summed E-state index contributed by atoms with van der Waals surface area (Å²) < 4.78 is 34.5. The molecule has 0 bridgehead atoms. The maximum Gasteiger partial charge on any atom is 0.269 e. The third kappa shape index (κ3) is 4.19. The van der Waals surface area contributed by atoms with Crippen LogP contribution in [0, 0.1) is 11.6 Å². The molecule has 0 fully saturated rings. The first-order valence-corrected chi connectivity index (χ1v) is 9.42. The Bertz CT molecular complexity index is 1110. The molecule has 1 aromatic carbocycles. The molecule has 3 aromatic rings. The Kier molecular flexibility index (Phi) is 5.51. The lowest BCUT2D eigenvalue weighted by Gasteiger charge is -2.23. The number of hydrogen-bond donors (Lipinski definition) is 0. The van der Waals surface area contributed by atoms with Gasteiger partial charge in [0.1, 0.15) is 11.6 Å². The van der Waals surface area contributed by atoms with Crippen molar-refractivity contribution in [3.8, 4) is 5.88 Å². The van der Waals surface area contributed by atoms with Crippen LogP contribution in [0.4, 0.5) is 8.78 Å². The van der Waals surface area contributed by atoms with Crippen molar-refractivity contribution in [2.24, 2.45) is 5.10 Å². The molecule has 2 aromatic heterocycles. The molecule has 1 unspecified atom stereocenters. The van der Waals surface area contributed by atoms with Gasteiger partial charge in [0.25, 0.3) is 5.91 Å². The second-order valence-electron chi connectivity index (χ2n) is 6.88. The predicted octanol–water partition coefficient (Wildman–Crippen LogP) is 3.68. The molecule has 9 heteroatoms. The van der Waals surface area contributed by atoms with Crippen LogP contribution in [-0.4, -0.2) is 38.1 Å². The summed E-state index contributed by atoms with van der Waals surface area (Å²) in [7, 11) is 0. The van der Waals surface area contributed by atoms with E-state index in [2.05, 4.69) is 21.6 Å². The third-order valence-electron chi connectivity index (χ3n) is 4.74. The molecule has 1 atom stereocenters. The van der Waals surface area contributed by atoms with E-state index in [-0.39, 0.29) is 5.91 Å². The molecule has 0 aliphatic carbocycles. The van der Waals surface area contributed by atoms with Gasteiger partial charge in [0.2, 0.25) is 5.88 Å². The van der Waals surface area contributed by atoms with Crippen molar-refractivity contribution < 1.29 is 18.3 Å². The molecule has 30 heavy (non-hydrogen) atoms. The van der Waals surface area contributed by atoms with Crippen LogP contribution in [0.2, 0.25) is 0 Å². The van der Waals surface area contributed by atoms with Crippen LogP contribution >= 0.6 is 0 Å². The lowest BCUT2D eigenvalue weighted by molar-refractivity contribution is -0.129. The number of fused-ring (bicyclic) bond motifs is 1. The van der Waals surface area contributed by atoms with E-state index in [1.54, 1.807) is 35.4 Å². The van der Waals surface area contributed by atoms with Gasteiger partial charge in [-0.2, -0.15) is 5.10 Å². The standard InChI is InChI=1S/C21H19F2N5O2/c1-14(3-2-8-30-20-13-27-7-6-24-19(27)12-25-20)21(29)28-18(4-5-26-28)15-9-16(22)11-17(23)10-15/h5-7,9-13,18H,1-4,8H2. The lowest BCUT2D eigenvalue weighted by Crippen LogP contribution is -2.28. The summed E-state index contributed by atoms with van der Waals surface area (Å²) >= 11 is 0. The van der Waals surface area contributed by atoms with Gasteiger partial charge in [-0.05, 0) is 30.5 Å². The molecule has 1 aliphatic rings. The Morgan fingerprint density at radius 1 is 1.23 bits per heavy atom. The van der Waals surface area contributed by atoms with Crippen molar-refractivity contribution >= 4 is 17.8 Å². The minimum Gasteiger partial charge on any atom is -0.477 e.